The predicted molar refractivity (Wildman–Crippen MR) is 71.6 cm³/mol. The molecule has 0 spiro atoms. The van der Waals surface area contributed by atoms with Crippen LogP contribution in [0.3, 0.4) is 0 Å². The van der Waals surface area contributed by atoms with Gasteiger partial charge in [-0.2, -0.15) is 0 Å². The van der Waals surface area contributed by atoms with Gasteiger partial charge in [0, 0.05) is 18.5 Å². The van der Waals surface area contributed by atoms with Crippen molar-refractivity contribution in [3.05, 3.63) is 17.8 Å². The molecule has 0 unspecified atom stereocenters. The van der Waals surface area contributed by atoms with E-state index in [-0.39, 0.29) is 18.0 Å². The maximum absolute atomic E-state index is 11.9. The number of amides is 2. The molecule has 0 radical (unpaired) electrons. The van der Waals surface area contributed by atoms with Crippen molar-refractivity contribution in [2.24, 2.45) is 5.73 Å². The fourth-order valence-electron chi connectivity index (χ4n) is 1.58. The van der Waals surface area contributed by atoms with E-state index in [1.165, 1.54) is 0 Å². The molecular formula is C12H19N5O2. The second kappa shape index (κ2) is 6.12. The number of nitrogens with two attached hydrogens (primary N) is 1. The lowest BCUT2D eigenvalue weighted by atomic mass is 10.00. The average Bonchev–Trinajstić information content (AvgIpc) is 2.27. The number of carbonyl (C=O) groups excluding carboxylic acids is 2. The summed E-state index contributed by atoms with van der Waals surface area (Å²) >= 11 is 0. The van der Waals surface area contributed by atoms with Gasteiger partial charge in [-0.05, 0) is 32.9 Å². The number of carbonyl (C=O) groups is 2. The van der Waals surface area contributed by atoms with Gasteiger partial charge in [0.1, 0.15) is 5.82 Å². The lowest BCUT2D eigenvalue weighted by Crippen LogP contribution is -2.46. The number of nitrogens with one attached hydrogen (secondary N) is 2. The van der Waals surface area contributed by atoms with Crippen LogP contribution in [0.5, 0.6) is 0 Å². The molecule has 0 aromatic carbocycles. The monoisotopic (exact) mass is 265 g/mol. The Kier molecular flexibility index (Phi) is 4.80. The van der Waals surface area contributed by atoms with Gasteiger partial charge in [-0.3, -0.25) is 9.59 Å². The Hall–Kier alpha value is -2.18. The number of aromatic nitrogens is 2. The molecule has 0 bridgehead atoms. The molecule has 0 saturated heterocycles. The highest BCUT2D eigenvalue weighted by atomic mass is 16.2. The number of anilines is 1. The van der Waals surface area contributed by atoms with Crippen LogP contribution in [0.25, 0.3) is 0 Å². The summed E-state index contributed by atoms with van der Waals surface area (Å²) in [6, 6.07) is 3.24. The van der Waals surface area contributed by atoms with Crippen LogP contribution in [-0.4, -0.2) is 34.1 Å². The van der Waals surface area contributed by atoms with Crippen LogP contribution in [0.1, 0.15) is 37.7 Å². The number of primary amides is 1. The molecule has 1 heterocycles. The summed E-state index contributed by atoms with van der Waals surface area (Å²) in [7, 11) is 0. The summed E-state index contributed by atoms with van der Waals surface area (Å²) < 4.78 is 0. The summed E-state index contributed by atoms with van der Waals surface area (Å²) in [5, 5.41) is 13.4. The number of hydrogen-bond donors (Lipinski definition) is 3. The lowest BCUT2D eigenvalue weighted by Gasteiger charge is -2.24. The third-order valence-corrected chi connectivity index (χ3v) is 2.32. The molecule has 0 aliphatic rings. The van der Waals surface area contributed by atoms with Gasteiger partial charge in [0.25, 0.3) is 5.91 Å². The average molecular weight is 265 g/mol. The predicted octanol–water partition coefficient (Wildman–Crippen LogP) is 0.292. The maximum atomic E-state index is 11.9. The molecule has 7 nitrogen and oxygen atoms in total. The van der Waals surface area contributed by atoms with Gasteiger partial charge in [0.2, 0.25) is 5.91 Å². The molecule has 4 N–H and O–H groups in total. The molecule has 0 aliphatic heterocycles. The first-order valence-corrected chi connectivity index (χ1v) is 6.02. The van der Waals surface area contributed by atoms with Crippen LogP contribution in [0, 0.1) is 0 Å². The molecule has 7 heteroatoms. The number of rotatable bonds is 6. The largest absolute Gasteiger partial charge is 0.370 e. The third-order valence-electron chi connectivity index (χ3n) is 2.32. The molecule has 0 aliphatic carbocycles. The van der Waals surface area contributed by atoms with E-state index in [4.69, 9.17) is 5.73 Å². The third kappa shape index (κ3) is 4.90. The zero-order valence-electron chi connectivity index (χ0n) is 11.4. The number of hydrogen-bond acceptors (Lipinski definition) is 5. The fraction of sp³-hybridized carbons (Fsp3) is 0.500. The van der Waals surface area contributed by atoms with Crippen LogP contribution >= 0.6 is 0 Å². The standard InChI is InChI=1S/C12H19N5O2/c1-4-14-10-6-5-8(16-17-10)11(19)15-12(2,3)7-9(13)18/h5-6H,4,7H2,1-3H3,(H2,13,18)(H,14,17)(H,15,19). The van der Waals surface area contributed by atoms with Crippen LogP contribution < -0.4 is 16.4 Å². The number of nitrogens with zero attached hydrogens (tertiary/aromatic N) is 2. The van der Waals surface area contributed by atoms with Crippen molar-refractivity contribution in [2.75, 3.05) is 11.9 Å². The normalized spacial score (nSPS) is 10.9. The first kappa shape index (κ1) is 14.9. The second-order valence-electron chi connectivity index (χ2n) is 4.82. The van der Waals surface area contributed by atoms with Gasteiger partial charge >= 0.3 is 0 Å². The van der Waals surface area contributed by atoms with Crippen molar-refractivity contribution in [1.82, 2.24) is 15.5 Å². The fourth-order valence-corrected chi connectivity index (χ4v) is 1.58. The topological polar surface area (TPSA) is 110 Å². The van der Waals surface area contributed by atoms with Crippen molar-refractivity contribution in [2.45, 2.75) is 32.7 Å². The Labute approximate surface area is 112 Å². The summed E-state index contributed by atoms with van der Waals surface area (Å²) in [6.07, 6.45) is 0.0572. The highest BCUT2D eigenvalue weighted by Crippen LogP contribution is 2.09. The molecular weight excluding hydrogens is 246 g/mol. The molecule has 19 heavy (non-hydrogen) atoms. The Morgan fingerprint density at radius 3 is 2.47 bits per heavy atom. The Balaban J connectivity index is 2.70. The zero-order chi connectivity index (χ0) is 14.5. The first-order valence-electron chi connectivity index (χ1n) is 6.02. The minimum absolute atomic E-state index is 0.0572. The summed E-state index contributed by atoms with van der Waals surface area (Å²) in [6.45, 7) is 6.10. The highest BCUT2D eigenvalue weighted by molar-refractivity contribution is 5.93. The molecule has 1 aromatic rings. The minimum atomic E-state index is -0.717. The lowest BCUT2D eigenvalue weighted by molar-refractivity contribution is -0.119. The molecule has 1 aromatic heterocycles. The van der Waals surface area contributed by atoms with Crippen molar-refractivity contribution in [1.29, 1.82) is 0 Å². The molecule has 1 rings (SSSR count). The smallest absolute Gasteiger partial charge is 0.272 e. The van der Waals surface area contributed by atoms with E-state index in [2.05, 4.69) is 20.8 Å². The Morgan fingerprint density at radius 1 is 1.32 bits per heavy atom. The van der Waals surface area contributed by atoms with Crippen molar-refractivity contribution in [3.8, 4) is 0 Å². The van der Waals surface area contributed by atoms with E-state index in [1.54, 1.807) is 26.0 Å². The Bertz CT molecular complexity index is 456. The van der Waals surface area contributed by atoms with Gasteiger partial charge in [-0.1, -0.05) is 0 Å². The van der Waals surface area contributed by atoms with Crippen LogP contribution in [0.4, 0.5) is 5.82 Å². The molecule has 0 atom stereocenters. The van der Waals surface area contributed by atoms with Crippen molar-refractivity contribution in [3.63, 3.8) is 0 Å². The highest BCUT2D eigenvalue weighted by Gasteiger charge is 2.24. The van der Waals surface area contributed by atoms with Crippen molar-refractivity contribution >= 4 is 17.6 Å². The minimum Gasteiger partial charge on any atom is -0.370 e. The maximum Gasteiger partial charge on any atom is 0.272 e. The van der Waals surface area contributed by atoms with Gasteiger partial charge in [-0.25, -0.2) is 0 Å². The van der Waals surface area contributed by atoms with Gasteiger partial charge in [0.05, 0.1) is 0 Å². The Morgan fingerprint density at radius 2 is 2.00 bits per heavy atom. The quantitative estimate of drug-likeness (QED) is 0.685. The zero-order valence-corrected chi connectivity index (χ0v) is 11.4. The first-order chi connectivity index (χ1) is 8.84. The van der Waals surface area contributed by atoms with Crippen LogP contribution in [-0.2, 0) is 4.79 Å². The molecule has 0 saturated carbocycles. The van der Waals surface area contributed by atoms with Gasteiger partial charge in [-0.15, -0.1) is 10.2 Å². The molecule has 104 valence electrons. The summed E-state index contributed by atoms with van der Waals surface area (Å²) in [4.78, 5) is 22.8. The van der Waals surface area contributed by atoms with E-state index in [1.807, 2.05) is 6.92 Å². The van der Waals surface area contributed by atoms with Crippen LogP contribution in [0.15, 0.2) is 12.1 Å². The second-order valence-corrected chi connectivity index (χ2v) is 4.82. The van der Waals surface area contributed by atoms with Crippen LogP contribution in [0.2, 0.25) is 0 Å². The summed E-state index contributed by atoms with van der Waals surface area (Å²) in [5.74, 6) is -0.254. The van der Waals surface area contributed by atoms with Gasteiger partial charge in [0.15, 0.2) is 5.69 Å². The van der Waals surface area contributed by atoms with E-state index in [0.717, 1.165) is 6.54 Å². The molecule has 2 amide bonds. The van der Waals surface area contributed by atoms with E-state index >= 15 is 0 Å². The summed E-state index contributed by atoms with van der Waals surface area (Å²) in [5.41, 5.74) is 4.60. The van der Waals surface area contributed by atoms with E-state index < -0.39 is 11.4 Å². The van der Waals surface area contributed by atoms with Gasteiger partial charge < -0.3 is 16.4 Å². The van der Waals surface area contributed by atoms with Crippen molar-refractivity contribution < 1.29 is 9.59 Å². The molecule has 0 fully saturated rings. The van der Waals surface area contributed by atoms with E-state index in [0.29, 0.717) is 5.82 Å². The van der Waals surface area contributed by atoms with E-state index in [9.17, 15) is 9.59 Å². The SMILES string of the molecule is CCNc1ccc(C(=O)NC(C)(C)CC(N)=O)nn1.